The highest BCUT2D eigenvalue weighted by Gasteiger charge is 2.10. The van der Waals surface area contributed by atoms with Crippen LogP contribution < -0.4 is 5.32 Å². The van der Waals surface area contributed by atoms with Crippen LogP contribution >= 0.6 is 0 Å². The third kappa shape index (κ3) is 3.73. The number of carbonyl (C=O) groups is 1. The molecule has 0 saturated carbocycles. The van der Waals surface area contributed by atoms with Crippen LogP contribution in [-0.4, -0.2) is 11.8 Å². The second-order valence-electron chi connectivity index (χ2n) is 5.60. The highest BCUT2D eigenvalue weighted by molar-refractivity contribution is 5.95. The minimum absolute atomic E-state index is 0.000836. The summed E-state index contributed by atoms with van der Waals surface area (Å²) in [4.78, 5) is 11.5. The van der Waals surface area contributed by atoms with Gasteiger partial charge in [-0.1, -0.05) is 24.3 Å². The summed E-state index contributed by atoms with van der Waals surface area (Å²) >= 11 is 0. The number of nitriles is 1. The van der Waals surface area contributed by atoms with E-state index in [1.165, 1.54) is 18.1 Å². The topological polar surface area (TPSA) is 52.9 Å². The Morgan fingerprint density at radius 3 is 2.64 bits per heavy atom. The Kier molecular flexibility index (Phi) is 4.95. The lowest BCUT2D eigenvalue weighted by Gasteiger charge is -2.18. The number of nitrogens with zero attached hydrogens (tertiary/aromatic N) is 1. The fraction of sp³-hybridized carbons (Fsp3) is 0.263. The highest BCUT2D eigenvalue weighted by Crippen LogP contribution is 2.20. The molecular weight excluding hydrogens is 272 g/mol. The van der Waals surface area contributed by atoms with E-state index in [1.54, 1.807) is 18.2 Å². The van der Waals surface area contributed by atoms with E-state index in [9.17, 15) is 10.1 Å². The molecule has 0 aliphatic heterocycles. The number of Topliss-reactive ketones (excluding diaryl/α,β-unsaturated/α-hetero) is 1. The molecule has 2 aromatic rings. The summed E-state index contributed by atoms with van der Waals surface area (Å²) in [5.74, 6) is -0.000836. The van der Waals surface area contributed by atoms with Gasteiger partial charge < -0.3 is 5.32 Å². The van der Waals surface area contributed by atoms with Crippen LogP contribution in [0.5, 0.6) is 0 Å². The number of rotatable bonds is 5. The van der Waals surface area contributed by atoms with Crippen molar-refractivity contribution in [1.29, 1.82) is 5.26 Å². The Balaban J connectivity index is 2.19. The minimum Gasteiger partial charge on any atom is -0.381 e. The van der Waals surface area contributed by atoms with Crippen LogP contribution in [0.4, 0.5) is 5.69 Å². The number of hydrogen-bond donors (Lipinski definition) is 1. The lowest BCUT2D eigenvalue weighted by Crippen LogP contribution is -2.19. The first-order valence-electron chi connectivity index (χ1n) is 7.37. The molecule has 0 bridgehead atoms. The van der Waals surface area contributed by atoms with Crippen molar-refractivity contribution < 1.29 is 4.79 Å². The van der Waals surface area contributed by atoms with Gasteiger partial charge >= 0.3 is 0 Å². The summed E-state index contributed by atoms with van der Waals surface area (Å²) in [6.45, 7) is 5.70. The van der Waals surface area contributed by atoms with Gasteiger partial charge in [-0.25, -0.2) is 0 Å². The van der Waals surface area contributed by atoms with Crippen LogP contribution in [0.25, 0.3) is 0 Å². The third-order valence-electron chi connectivity index (χ3n) is 3.74. The van der Waals surface area contributed by atoms with E-state index in [4.69, 9.17) is 0 Å². The summed E-state index contributed by atoms with van der Waals surface area (Å²) < 4.78 is 0. The van der Waals surface area contributed by atoms with Crippen LogP contribution in [0.3, 0.4) is 0 Å². The average Bonchev–Trinajstić information content (AvgIpc) is 2.49. The van der Waals surface area contributed by atoms with Crippen LogP contribution in [0.2, 0.25) is 0 Å². The number of anilines is 1. The quantitative estimate of drug-likeness (QED) is 0.844. The van der Waals surface area contributed by atoms with Crippen molar-refractivity contribution in [2.45, 2.75) is 33.2 Å². The lowest BCUT2D eigenvalue weighted by molar-refractivity contribution is 0.101. The second-order valence-corrected chi connectivity index (χ2v) is 5.60. The molecule has 0 aromatic heterocycles. The van der Waals surface area contributed by atoms with E-state index in [0.717, 1.165) is 12.1 Å². The van der Waals surface area contributed by atoms with Crippen molar-refractivity contribution >= 4 is 11.5 Å². The number of benzene rings is 2. The second kappa shape index (κ2) is 6.91. The number of hydrogen-bond acceptors (Lipinski definition) is 3. The molecule has 0 heterocycles. The fourth-order valence-electron chi connectivity index (χ4n) is 2.47. The molecule has 0 radical (unpaired) electrons. The molecule has 1 atom stereocenters. The maximum Gasteiger partial charge on any atom is 0.159 e. The van der Waals surface area contributed by atoms with E-state index in [2.05, 4.69) is 37.4 Å². The van der Waals surface area contributed by atoms with Crippen molar-refractivity contribution in [2.75, 3.05) is 5.32 Å². The van der Waals surface area contributed by atoms with Crippen molar-refractivity contribution in [2.24, 2.45) is 0 Å². The van der Waals surface area contributed by atoms with Crippen molar-refractivity contribution in [3.63, 3.8) is 0 Å². The van der Waals surface area contributed by atoms with E-state index in [0.29, 0.717) is 11.1 Å². The molecule has 2 rings (SSSR count). The van der Waals surface area contributed by atoms with Crippen molar-refractivity contribution in [1.82, 2.24) is 0 Å². The Labute approximate surface area is 131 Å². The molecular formula is C19H20N2O. The van der Waals surface area contributed by atoms with Crippen LogP contribution in [0, 0.1) is 18.3 Å². The van der Waals surface area contributed by atoms with Gasteiger partial charge in [-0.15, -0.1) is 0 Å². The summed E-state index contributed by atoms with van der Waals surface area (Å²) in [5, 5.41) is 12.6. The summed E-state index contributed by atoms with van der Waals surface area (Å²) in [5.41, 5.74) is 4.43. The SMILES string of the molecule is CC(=O)c1ccc(C#N)c(NC(C)Cc2ccccc2C)c1. The van der Waals surface area contributed by atoms with E-state index < -0.39 is 0 Å². The van der Waals surface area contributed by atoms with Crippen LogP contribution in [0.15, 0.2) is 42.5 Å². The third-order valence-corrected chi connectivity index (χ3v) is 3.74. The maximum absolute atomic E-state index is 11.5. The maximum atomic E-state index is 11.5. The van der Waals surface area contributed by atoms with Gasteiger partial charge in [0.25, 0.3) is 0 Å². The van der Waals surface area contributed by atoms with Gasteiger partial charge in [0.1, 0.15) is 6.07 Å². The molecule has 0 fully saturated rings. The number of nitrogens with one attached hydrogen (secondary N) is 1. The smallest absolute Gasteiger partial charge is 0.159 e. The van der Waals surface area contributed by atoms with Crippen LogP contribution in [-0.2, 0) is 6.42 Å². The van der Waals surface area contributed by atoms with E-state index in [-0.39, 0.29) is 11.8 Å². The van der Waals surface area contributed by atoms with Crippen molar-refractivity contribution in [3.05, 3.63) is 64.7 Å². The Bertz CT molecular complexity index is 728. The van der Waals surface area contributed by atoms with E-state index in [1.807, 2.05) is 12.1 Å². The molecule has 3 heteroatoms. The zero-order valence-corrected chi connectivity index (χ0v) is 13.2. The van der Waals surface area contributed by atoms with E-state index >= 15 is 0 Å². The zero-order chi connectivity index (χ0) is 16.1. The molecule has 0 aliphatic rings. The normalized spacial score (nSPS) is 11.5. The molecule has 112 valence electrons. The Morgan fingerprint density at radius 2 is 2.00 bits per heavy atom. The molecule has 0 spiro atoms. The van der Waals surface area contributed by atoms with Gasteiger partial charge in [-0.3, -0.25) is 4.79 Å². The van der Waals surface area contributed by atoms with Gasteiger partial charge in [0.15, 0.2) is 5.78 Å². The first-order valence-corrected chi connectivity index (χ1v) is 7.37. The van der Waals surface area contributed by atoms with Crippen LogP contribution in [0.1, 0.15) is 40.9 Å². The molecule has 0 amide bonds. The predicted octanol–water partition coefficient (Wildman–Crippen LogP) is 4.11. The minimum atomic E-state index is -0.000836. The summed E-state index contributed by atoms with van der Waals surface area (Å²) in [6, 6.07) is 15.8. The van der Waals surface area contributed by atoms with Crippen molar-refractivity contribution in [3.8, 4) is 6.07 Å². The number of aryl methyl sites for hydroxylation is 1. The van der Waals surface area contributed by atoms with Gasteiger partial charge in [0, 0.05) is 11.6 Å². The van der Waals surface area contributed by atoms with Gasteiger partial charge in [0.05, 0.1) is 11.3 Å². The molecule has 1 unspecified atom stereocenters. The Morgan fingerprint density at radius 1 is 1.27 bits per heavy atom. The Hall–Kier alpha value is -2.60. The first kappa shape index (κ1) is 15.8. The number of carbonyl (C=O) groups excluding carboxylic acids is 1. The van der Waals surface area contributed by atoms with Gasteiger partial charge in [-0.2, -0.15) is 5.26 Å². The molecule has 0 aliphatic carbocycles. The standard InChI is InChI=1S/C19H20N2O/c1-13-6-4-5-7-16(13)10-14(2)21-19-11-17(15(3)22)8-9-18(19)12-20/h4-9,11,14,21H,10H2,1-3H3. The molecule has 0 saturated heterocycles. The van der Waals surface area contributed by atoms with Gasteiger partial charge in [-0.05, 0) is 56.5 Å². The molecule has 3 nitrogen and oxygen atoms in total. The monoisotopic (exact) mass is 292 g/mol. The molecule has 1 N–H and O–H groups in total. The lowest BCUT2D eigenvalue weighted by atomic mass is 10.0. The fourth-order valence-corrected chi connectivity index (χ4v) is 2.47. The molecule has 2 aromatic carbocycles. The largest absolute Gasteiger partial charge is 0.381 e. The predicted molar refractivity (Wildman–Crippen MR) is 89.1 cm³/mol. The first-order chi connectivity index (χ1) is 10.5. The molecule has 22 heavy (non-hydrogen) atoms. The summed E-state index contributed by atoms with van der Waals surface area (Å²) in [6.07, 6.45) is 0.863. The average molecular weight is 292 g/mol. The highest BCUT2D eigenvalue weighted by atomic mass is 16.1. The number of ketones is 1. The summed E-state index contributed by atoms with van der Waals surface area (Å²) in [7, 11) is 0. The van der Waals surface area contributed by atoms with Gasteiger partial charge in [0.2, 0.25) is 0 Å². The zero-order valence-electron chi connectivity index (χ0n) is 13.2.